The summed E-state index contributed by atoms with van der Waals surface area (Å²) >= 11 is 1.40. The van der Waals surface area contributed by atoms with Gasteiger partial charge in [0.25, 0.3) is 0 Å². The zero-order valence-corrected chi connectivity index (χ0v) is 18.9. The van der Waals surface area contributed by atoms with E-state index >= 15 is 0 Å². The van der Waals surface area contributed by atoms with Crippen molar-refractivity contribution in [2.45, 2.75) is 19.4 Å². The molecule has 172 valence electrons. The number of carboxylic acids is 1. The number of hydrogen-bond donors (Lipinski definition) is 3. The van der Waals surface area contributed by atoms with E-state index in [1.807, 2.05) is 5.38 Å². The quantitative estimate of drug-likeness (QED) is 0.619. The normalized spacial score (nSPS) is 25.3. The third-order valence-electron chi connectivity index (χ3n) is 6.67. The zero-order chi connectivity index (χ0) is 23.1. The lowest BCUT2D eigenvalue weighted by molar-refractivity contribution is -0.133. The first kappa shape index (κ1) is 21.7. The van der Waals surface area contributed by atoms with Gasteiger partial charge in [-0.15, -0.1) is 11.3 Å². The number of carbonyl (C=O) groups is 2. The van der Waals surface area contributed by atoms with Gasteiger partial charge in [0.1, 0.15) is 11.9 Å². The van der Waals surface area contributed by atoms with Gasteiger partial charge in [-0.05, 0) is 37.1 Å². The molecule has 8 nitrogen and oxygen atoms in total. The molecule has 3 atom stereocenters. The minimum Gasteiger partial charge on any atom is -0.478 e. The maximum absolute atomic E-state index is 14.4. The highest BCUT2D eigenvalue weighted by molar-refractivity contribution is 7.11. The number of carboxylic acid groups (broad SMARTS) is 1. The van der Waals surface area contributed by atoms with Crippen LogP contribution in [0.2, 0.25) is 0 Å². The third-order valence-corrected chi connectivity index (χ3v) is 7.45. The van der Waals surface area contributed by atoms with E-state index in [1.54, 1.807) is 25.3 Å². The minimum absolute atomic E-state index is 0.0311. The fourth-order valence-corrected chi connectivity index (χ4v) is 5.54. The molecule has 1 aromatic heterocycles. The van der Waals surface area contributed by atoms with E-state index in [1.165, 1.54) is 17.4 Å². The molecule has 0 spiro atoms. The average molecular weight is 470 g/mol. The molecule has 5 rings (SSSR count). The number of aromatic nitrogens is 1. The molecule has 3 aliphatic heterocycles. The zero-order valence-electron chi connectivity index (χ0n) is 18.0. The van der Waals surface area contributed by atoms with Crippen LogP contribution in [0.4, 0.5) is 4.39 Å². The highest BCUT2D eigenvalue weighted by atomic mass is 32.1. The Kier molecular flexibility index (Phi) is 5.71. The van der Waals surface area contributed by atoms with E-state index < -0.39 is 17.8 Å². The van der Waals surface area contributed by atoms with Crippen LogP contribution in [0.25, 0.3) is 0 Å². The van der Waals surface area contributed by atoms with E-state index in [9.17, 15) is 19.1 Å². The minimum atomic E-state index is -1.10. The van der Waals surface area contributed by atoms with Gasteiger partial charge in [0.2, 0.25) is 5.91 Å². The van der Waals surface area contributed by atoms with Crippen molar-refractivity contribution in [3.63, 3.8) is 0 Å². The SMILES string of the molecule is Cc1c(F)cccc1[C@@H]1N=C(c2nccs2)NC(CN2CC[C@H]3C(=O)NC[C@H]3C2)=C1C(=O)O. The molecule has 4 heterocycles. The highest BCUT2D eigenvalue weighted by Gasteiger charge is 2.40. The van der Waals surface area contributed by atoms with Crippen LogP contribution >= 0.6 is 11.3 Å². The molecule has 1 amide bonds. The maximum atomic E-state index is 14.4. The highest BCUT2D eigenvalue weighted by Crippen LogP contribution is 2.35. The van der Waals surface area contributed by atoms with Crippen molar-refractivity contribution in [2.24, 2.45) is 16.8 Å². The molecule has 10 heteroatoms. The molecule has 0 unspecified atom stereocenters. The predicted octanol–water partition coefficient (Wildman–Crippen LogP) is 2.09. The molecule has 2 aromatic rings. The Morgan fingerprint density at radius 3 is 3.00 bits per heavy atom. The maximum Gasteiger partial charge on any atom is 0.335 e. The van der Waals surface area contributed by atoms with Gasteiger partial charge in [-0.25, -0.2) is 14.2 Å². The number of piperidine rings is 1. The van der Waals surface area contributed by atoms with Crippen molar-refractivity contribution < 1.29 is 19.1 Å². The van der Waals surface area contributed by atoms with Crippen LogP contribution in [0.1, 0.15) is 28.6 Å². The Labute approximate surface area is 194 Å². The van der Waals surface area contributed by atoms with Crippen molar-refractivity contribution in [3.05, 3.63) is 63.0 Å². The molecule has 33 heavy (non-hydrogen) atoms. The van der Waals surface area contributed by atoms with Crippen molar-refractivity contribution in [1.82, 2.24) is 20.5 Å². The Hall–Kier alpha value is -3.11. The van der Waals surface area contributed by atoms with Crippen LogP contribution in [0.5, 0.6) is 0 Å². The molecule has 0 radical (unpaired) electrons. The number of hydrogen-bond acceptors (Lipinski definition) is 7. The molecule has 3 aliphatic rings. The predicted molar refractivity (Wildman–Crippen MR) is 121 cm³/mol. The molecule has 0 aliphatic carbocycles. The second-order valence-corrected chi connectivity index (χ2v) is 9.52. The Morgan fingerprint density at radius 1 is 1.39 bits per heavy atom. The van der Waals surface area contributed by atoms with Crippen LogP contribution in [-0.2, 0) is 9.59 Å². The van der Waals surface area contributed by atoms with Crippen molar-refractivity contribution in [3.8, 4) is 0 Å². The smallest absolute Gasteiger partial charge is 0.335 e. The van der Waals surface area contributed by atoms with Gasteiger partial charge in [0, 0.05) is 48.7 Å². The lowest BCUT2D eigenvalue weighted by atomic mass is 9.87. The van der Waals surface area contributed by atoms with Crippen LogP contribution in [0.3, 0.4) is 0 Å². The van der Waals surface area contributed by atoms with Gasteiger partial charge in [0.05, 0.1) is 5.57 Å². The standard InChI is InChI=1S/C23H24FN5O3S/c1-12-14(3-2-4-16(12)24)19-18(23(31)32)17(27-20(28-19)22-25-6-8-33-22)11-29-7-5-15-13(10-29)9-26-21(15)30/h2-4,6,8,13,15,19H,5,7,9-11H2,1H3,(H,26,30)(H,27,28)(H,31,32)/t13-,15+,19-/m0/s1. The van der Waals surface area contributed by atoms with Crippen molar-refractivity contribution in [2.75, 3.05) is 26.2 Å². The van der Waals surface area contributed by atoms with Gasteiger partial charge in [-0.3, -0.25) is 14.7 Å². The fourth-order valence-electron chi connectivity index (χ4n) is 4.96. The number of halogens is 1. The van der Waals surface area contributed by atoms with Crippen molar-refractivity contribution in [1.29, 1.82) is 0 Å². The van der Waals surface area contributed by atoms with Crippen LogP contribution in [0.15, 0.2) is 46.0 Å². The van der Waals surface area contributed by atoms with E-state index in [-0.39, 0.29) is 23.3 Å². The van der Waals surface area contributed by atoms with Gasteiger partial charge < -0.3 is 15.7 Å². The number of nitrogens with zero attached hydrogens (tertiary/aromatic N) is 3. The topological polar surface area (TPSA) is 107 Å². The molecular formula is C23H24FN5O3S. The second kappa shape index (κ2) is 8.68. The van der Waals surface area contributed by atoms with Crippen LogP contribution in [-0.4, -0.2) is 58.9 Å². The second-order valence-electron chi connectivity index (χ2n) is 8.63. The number of amides is 1. The molecule has 0 saturated carbocycles. The monoisotopic (exact) mass is 469 g/mol. The fraction of sp³-hybridized carbons (Fsp3) is 0.391. The number of aliphatic carboxylic acids is 1. The molecular weight excluding hydrogens is 445 g/mol. The number of carbonyl (C=O) groups excluding carboxylic acids is 1. The molecule has 0 bridgehead atoms. The first-order valence-corrected chi connectivity index (χ1v) is 11.8. The molecule has 2 fully saturated rings. The van der Waals surface area contributed by atoms with Gasteiger partial charge in [-0.2, -0.15) is 0 Å². The summed E-state index contributed by atoms with van der Waals surface area (Å²) in [5.74, 6) is -0.655. The number of fused-ring (bicyclic) bond motifs is 1. The summed E-state index contributed by atoms with van der Waals surface area (Å²) in [6.45, 7) is 4.05. The average Bonchev–Trinajstić information content (AvgIpc) is 3.45. The molecule has 3 N–H and O–H groups in total. The summed E-state index contributed by atoms with van der Waals surface area (Å²) in [4.78, 5) is 35.6. The first-order valence-electron chi connectivity index (χ1n) is 10.9. The largest absolute Gasteiger partial charge is 0.478 e. The number of benzene rings is 1. The van der Waals surface area contributed by atoms with Crippen LogP contribution in [0, 0.1) is 24.6 Å². The Balaban J connectivity index is 1.53. The Morgan fingerprint density at radius 2 is 2.24 bits per heavy atom. The number of nitrogens with one attached hydrogen (secondary N) is 2. The summed E-state index contributed by atoms with van der Waals surface area (Å²) in [5, 5.41) is 18.8. The number of likely N-dealkylation sites (tertiary alicyclic amines) is 1. The number of rotatable bonds is 5. The summed E-state index contributed by atoms with van der Waals surface area (Å²) in [7, 11) is 0. The number of thiazole rings is 1. The summed E-state index contributed by atoms with van der Waals surface area (Å²) in [6.07, 6.45) is 2.41. The van der Waals surface area contributed by atoms with Gasteiger partial charge >= 0.3 is 5.97 Å². The van der Waals surface area contributed by atoms with Gasteiger partial charge in [0.15, 0.2) is 10.8 Å². The van der Waals surface area contributed by atoms with E-state index in [0.29, 0.717) is 53.8 Å². The number of amidine groups is 1. The summed E-state index contributed by atoms with van der Waals surface area (Å²) in [5.41, 5.74) is 1.52. The molecule has 1 aromatic carbocycles. The summed E-state index contributed by atoms with van der Waals surface area (Å²) < 4.78 is 14.4. The lowest BCUT2D eigenvalue weighted by Crippen LogP contribution is -2.45. The van der Waals surface area contributed by atoms with E-state index in [4.69, 9.17) is 0 Å². The lowest BCUT2D eigenvalue weighted by Gasteiger charge is -2.35. The van der Waals surface area contributed by atoms with E-state index in [0.717, 1.165) is 6.42 Å². The van der Waals surface area contributed by atoms with Gasteiger partial charge in [-0.1, -0.05) is 12.1 Å². The number of aliphatic imine (C=N–C) groups is 1. The summed E-state index contributed by atoms with van der Waals surface area (Å²) in [6, 6.07) is 3.80. The molecule has 2 saturated heterocycles. The van der Waals surface area contributed by atoms with Crippen molar-refractivity contribution >= 4 is 29.0 Å². The Bertz CT molecular complexity index is 1160. The first-order chi connectivity index (χ1) is 15.9. The van der Waals surface area contributed by atoms with E-state index in [2.05, 4.69) is 25.5 Å². The van der Waals surface area contributed by atoms with Crippen LogP contribution < -0.4 is 10.6 Å². The third kappa shape index (κ3) is 4.04.